The molecule has 2 heteroatoms. The van der Waals surface area contributed by atoms with E-state index in [0.29, 0.717) is 0 Å². The van der Waals surface area contributed by atoms with Crippen molar-refractivity contribution in [2.24, 2.45) is 0 Å². The number of benzene rings is 2. The Hall–Kier alpha value is -2.87. The minimum absolute atomic E-state index is 0.729. The van der Waals surface area contributed by atoms with Gasteiger partial charge in [-0.05, 0) is 64.9 Å². The number of hydrogen-bond donors (Lipinski definition) is 0. The Morgan fingerprint density at radius 3 is 2.62 bits per heavy atom. The number of rotatable bonds is 2. The van der Waals surface area contributed by atoms with Crippen LogP contribution in [0.15, 0.2) is 54.7 Å². The predicted octanol–water partition coefficient (Wildman–Crippen LogP) is 4.98. The number of aromatic nitrogens is 1. The van der Waals surface area contributed by atoms with E-state index in [2.05, 4.69) is 48.5 Å². The Kier molecular flexibility index (Phi) is 2.72. The van der Waals surface area contributed by atoms with E-state index in [9.17, 15) is 4.79 Å². The molecule has 0 N–H and O–H groups in total. The third-order valence-electron chi connectivity index (χ3n) is 5.23. The lowest BCUT2D eigenvalue weighted by molar-refractivity contribution is 0.111. The SMILES string of the molecule is Cc1ccc2cc(-c3ccc4c5c(cccc35)CC4)c(C=O)n2c1. The first-order valence-corrected chi connectivity index (χ1v) is 8.37. The number of nitrogens with zero attached hydrogens (tertiary/aromatic N) is 1. The largest absolute Gasteiger partial charge is 0.313 e. The highest BCUT2D eigenvalue weighted by Crippen LogP contribution is 2.38. The van der Waals surface area contributed by atoms with Gasteiger partial charge in [-0.15, -0.1) is 0 Å². The summed E-state index contributed by atoms with van der Waals surface area (Å²) in [4.78, 5) is 11.8. The molecule has 0 atom stereocenters. The second-order valence-electron chi connectivity index (χ2n) is 6.67. The van der Waals surface area contributed by atoms with Crippen molar-refractivity contribution in [3.63, 3.8) is 0 Å². The van der Waals surface area contributed by atoms with Crippen LogP contribution >= 0.6 is 0 Å². The van der Waals surface area contributed by atoms with Crippen molar-refractivity contribution in [3.05, 3.63) is 77.1 Å². The lowest BCUT2D eigenvalue weighted by Crippen LogP contribution is -1.93. The number of hydrogen-bond acceptors (Lipinski definition) is 1. The molecule has 0 amide bonds. The zero-order valence-electron chi connectivity index (χ0n) is 13.5. The Morgan fingerprint density at radius 2 is 1.79 bits per heavy atom. The molecule has 0 saturated heterocycles. The van der Waals surface area contributed by atoms with Crippen LogP contribution in [-0.4, -0.2) is 10.7 Å². The minimum atomic E-state index is 0.729. The highest BCUT2D eigenvalue weighted by Gasteiger charge is 2.19. The molecule has 0 fully saturated rings. The number of aldehydes is 1. The van der Waals surface area contributed by atoms with E-state index in [1.54, 1.807) is 0 Å². The van der Waals surface area contributed by atoms with E-state index in [4.69, 9.17) is 0 Å². The topological polar surface area (TPSA) is 21.5 Å². The summed E-state index contributed by atoms with van der Waals surface area (Å²) in [6.07, 6.45) is 5.24. The maximum Gasteiger partial charge on any atom is 0.167 e. The van der Waals surface area contributed by atoms with E-state index < -0.39 is 0 Å². The van der Waals surface area contributed by atoms with Crippen molar-refractivity contribution in [1.82, 2.24) is 4.40 Å². The quantitative estimate of drug-likeness (QED) is 0.478. The van der Waals surface area contributed by atoms with Gasteiger partial charge in [0.25, 0.3) is 0 Å². The molecule has 0 saturated carbocycles. The molecule has 2 heterocycles. The van der Waals surface area contributed by atoms with Crippen LogP contribution in [-0.2, 0) is 12.8 Å². The first-order chi connectivity index (χ1) is 11.8. The van der Waals surface area contributed by atoms with Gasteiger partial charge in [0.1, 0.15) is 0 Å². The van der Waals surface area contributed by atoms with Crippen molar-refractivity contribution in [3.8, 4) is 11.1 Å². The zero-order valence-corrected chi connectivity index (χ0v) is 13.5. The van der Waals surface area contributed by atoms with Gasteiger partial charge in [-0.25, -0.2) is 0 Å². The standard InChI is InChI=1S/C22H17NO/c1-14-5-9-17-11-20(21(13-24)23(17)12-14)18-10-8-16-7-6-15-3-2-4-19(18)22(15)16/h2-5,8-13H,6-7H2,1H3. The minimum Gasteiger partial charge on any atom is -0.313 e. The molecule has 2 aromatic carbocycles. The lowest BCUT2D eigenvalue weighted by Gasteiger charge is -2.09. The zero-order chi connectivity index (χ0) is 16.3. The molecular formula is C22H17NO. The summed E-state index contributed by atoms with van der Waals surface area (Å²) in [7, 11) is 0. The highest BCUT2D eigenvalue weighted by molar-refractivity contribution is 6.04. The number of carbonyl (C=O) groups excluding carboxylic acids is 1. The predicted molar refractivity (Wildman–Crippen MR) is 97.9 cm³/mol. The Labute approximate surface area is 140 Å². The van der Waals surface area contributed by atoms with Crippen molar-refractivity contribution in [1.29, 1.82) is 0 Å². The molecule has 0 aliphatic heterocycles. The summed E-state index contributed by atoms with van der Waals surface area (Å²) in [6.45, 7) is 2.05. The second kappa shape index (κ2) is 4.81. The first-order valence-electron chi connectivity index (χ1n) is 8.37. The maximum absolute atomic E-state index is 11.8. The molecule has 2 aromatic heterocycles. The third-order valence-corrected chi connectivity index (χ3v) is 5.23. The molecular weight excluding hydrogens is 294 g/mol. The molecule has 0 spiro atoms. The average Bonchev–Trinajstić information content (AvgIpc) is 3.17. The summed E-state index contributed by atoms with van der Waals surface area (Å²) < 4.78 is 2.00. The van der Waals surface area contributed by atoms with Gasteiger partial charge in [-0.2, -0.15) is 0 Å². The molecule has 4 aromatic rings. The van der Waals surface area contributed by atoms with Crippen LogP contribution in [0.2, 0.25) is 0 Å². The third kappa shape index (κ3) is 1.74. The summed E-state index contributed by atoms with van der Waals surface area (Å²) >= 11 is 0. The van der Waals surface area contributed by atoms with Gasteiger partial charge in [0, 0.05) is 17.3 Å². The maximum atomic E-state index is 11.8. The number of pyridine rings is 1. The molecule has 0 unspecified atom stereocenters. The van der Waals surface area contributed by atoms with Crippen molar-refractivity contribution < 1.29 is 4.79 Å². The second-order valence-corrected chi connectivity index (χ2v) is 6.67. The number of fused-ring (bicyclic) bond motifs is 1. The van der Waals surface area contributed by atoms with Crippen LogP contribution in [0.4, 0.5) is 0 Å². The number of carbonyl (C=O) groups is 1. The van der Waals surface area contributed by atoms with Gasteiger partial charge in [0.15, 0.2) is 6.29 Å². The van der Waals surface area contributed by atoms with E-state index in [1.165, 1.54) is 21.9 Å². The van der Waals surface area contributed by atoms with Gasteiger partial charge in [-0.1, -0.05) is 36.4 Å². The fraction of sp³-hybridized carbons (Fsp3) is 0.136. The summed E-state index contributed by atoms with van der Waals surface area (Å²) in [5.41, 5.74) is 7.96. The normalized spacial score (nSPS) is 13.0. The van der Waals surface area contributed by atoms with Crippen molar-refractivity contribution in [2.75, 3.05) is 0 Å². The van der Waals surface area contributed by atoms with Crippen LogP contribution in [0.1, 0.15) is 27.2 Å². The molecule has 24 heavy (non-hydrogen) atoms. The summed E-state index contributed by atoms with van der Waals surface area (Å²) in [5.74, 6) is 0. The molecule has 1 aliphatic rings. The molecule has 2 nitrogen and oxygen atoms in total. The molecule has 0 radical (unpaired) electrons. The highest BCUT2D eigenvalue weighted by atomic mass is 16.1. The van der Waals surface area contributed by atoms with Gasteiger partial charge in [0.2, 0.25) is 0 Å². The van der Waals surface area contributed by atoms with E-state index in [-0.39, 0.29) is 0 Å². The first kappa shape index (κ1) is 13.6. The van der Waals surface area contributed by atoms with Crippen LogP contribution in [0.5, 0.6) is 0 Å². The van der Waals surface area contributed by atoms with E-state index in [1.807, 2.05) is 17.5 Å². The van der Waals surface area contributed by atoms with E-state index >= 15 is 0 Å². The van der Waals surface area contributed by atoms with Crippen LogP contribution < -0.4 is 0 Å². The van der Waals surface area contributed by atoms with Crippen molar-refractivity contribution in [2.45, 2.75) is 19.8 Å². The fourth-order valence-corrected chi connectivity index (χ4v) is 4.11. The monoisotopic (exact) mass is 311 g/mol. The van der Waals surface area contributed by atoms with Gasteiger partial charge < -0.3 is 4.40 Å². The molecule has 0 bridgehead atoms. The molecule has 116 valence electrons. The summed E-state index contributed by atoms with van der Waals surface area (Å²) in [6, 6.07) is 17.2. The van der Waals surface area contributed by atoms with Crippen LogP contribution in [0, 0.1) is 6.92 Å². The van der Waals surface area contributed by atoms with Gasteiger partial charge in [-0.3, -0.25) is 4.79 Å². The number of aryl methyl sites for hydroxylation is 3. The van der Waals surface area contributed by atoms with E-state index in [0.717, 1.165) is 47.0 Å². The lowest BCUT2D eigenvalue weighted by atomic mass is 9.95. The van der Waals surface area contributed by atoms with Crippen LogP contribution in [0.3, 0.4) is 0 Å². The Bertz CT molecular complexity index is 1120. The Morgan fingerprint density at radius 1 is 0.958 bits per heavy atom. The average molecular weight is 311 g/mol. The van der Waals surface area contributed by atoms with Gasteiger partial charge in [0.05, 0.1) is 5.69 Å². The summed E-state index contributed by atoms with van der Waals surface area (Å²) in [5, 5.41) is 2.65. The smallest absolute Gasteiger partial charge is 0.167 e. The molecule has 5 rings (SSSR count). The van der Waals surface area contributed by atoms with Gasteiger partial charge >= 0.3 is 0 Å². The Balaban J connectivity index is 1.89. The van der Waals surface area contributed by atoms with Crippen molar-refractivity contribution >= 4 is 22.6 Å². The fourth-order valence-electron chi connectivity index (χ4n) is 4.11. The van der Waals surface area contributed by atoms with Crippen LogP contribution in [0.25, 0.3) is 27.4 Å². The molecule has 1 aliphatic carbocycles.